The maximum atomic E-state index is 6.56. The van der Waals surface area contributed by atoms with Crippen LogP contribution in [0.4, 0.5) is 0 Å². The Morgan fingerprint density at radius 3 is 2.82 bits per heavy atom. The zero-order chi connectivity index (χ0) is 12.5. The molecule has 1 heterocycles. The van der Waals surface area contributed by atoms with E-state index in [-0.39, 0.29) is 11.5 Å². The Kier molecular flexibility index (Phi) is 3.52. The maximum absolute atomic E-state index is 6.56. The van der Waals surface area contributed by atoms with Gasteiger partial charge in [-0.05, 0) is 18.8 Å². The second-order valence-corrected chi connectivity index (χ2v) is 5.50. The predicted molar refractivity (Wildman–Crippen MR) is 66.5 cm³/mol. The third-order valence-electron chi connectivity index (χ3n) is 3.97. The Labute approximate surface area is 103 Å². The molecule has 1 fully saturated rings. The highest BCUT2D eigenvalue weighted by Gasteiger charge is 2.41. The SMILES string of the molecule is CCC1CCCCC1(N)c1noc(C(C)C)n1. The summed E-state index contributed by atoms with van der Waals surface area (Å²) in [7, 11) is 0. The van der Waals surface area contributed by atoms with Crippen LogP contribution in [-0.2, 0) is 5.54 Å². The van der Waals surface area contributed by atoms with Crippen LogP contribution in [-0.4, -0.2) is 10.1 Å². The van der Waals surface area contributed by atoms with Crippen molar-refractivity contribution >= 4 is 0 Å². The molecule has 0 saturated heterocycles. The summed E-state index contributed by atoms with van der Waals surface area (Å²) in [6, 6.07) is 0. The van der Waals surface area contributed by atoms with Gasteiger partial charge in [-0.1, -0.05) is 45.2 Å². The van der Waals surface area contributed by atoms with E-state index < -0.39 is 0 Å². The second-order valence-electron chi connectivity index (χ2n) is 5.50. The van der Waals surface area contributed by atoms with E-state index in [4.69, 9.17) is 10.3 Å². The van der Waals surface area contributed by atoms with Gasteiger partial charge in [0.2, 0.25) is 5.89 Å². The van der Waals surface area contributed by atoms with Gasteiger partial charge in [-0.3, -0.25) is 0 Å². The molecule has 4 heteroatoms. The topological polar surface area (TPSA) is 64.9 Å². The van der Waals surface area contributed by atoms with Gasteiger partial charge in [0.25, 0.3) is 0 Å². The third kappa shape index (κ3) is 2.23. The molecule has 0 amide bonds. The summed E-state index contributed by atoms with van der Waals surface area (Å²) in [6.07, 6.45) is 5.67. The summed E-state index contributed by atoms with van der Waals surface area (Å²) < 4.78 is 5.30. The van der Waals surface area contributed by atoms with Gasteiger partial charge in [0.05, 0.1) is 5.54 Å². The fourth-order valence-electron chi connectivity index (χ4n) is 2.79. The van der Waals surface area contributed by atoms with E-state index in [0.29, 0.717) is 17.6 Å². The molecule has 0 spiro atoms. The molecule has 0 aromatic carbocycles. The molecule has 1 aliphatic rings. The van der Waals surface area contributed by atoms with Crippen molar-refractivity contribution < 1.29 is 4.52 Å². The number of nitrogens with two attached hydrogens (primary N) is 1. The number of nitrogens with zero attached hydrogens (tertiary/aromatic N) is 2. The standard InChI is InChI=1S/C13H23N3O/c1-4-10-7-5-6-8-13(10,14)12-15-11(9(2)3)17-16-12/h9-10H,4-8,14H2,1-3H3. The molecule has 2 unspecified atom stereocenters. The second kappa shape index (κ2) is 4.77. The molecule has 1 aliphatic carbocycles. The molecule has 1 saturated carbocycles. The third-order valence-corrected chi connectivity index (χ3v) is 3.97. The van der Waals surface area contributed by atoms with Crippen LogP contribution in [0.25, 0.3) is 0 Å². The number of hydrogen-bond donors (Lipinski definition) is 1. The first kappa shape index (κ1) is 12.6. The van der Waals surface area contributed by atoms with Crippen LogP contribution in [0.2, 0.25) is 0 Å². The van der Waals surface area contributed by atoms with Gasteiger partial charge in [0.15, 0.2) is 5.82 Å². The molecule has 0 bridgehead atoms. The van der Waals surface area contributed by atoms with Gasteiger partial charge < -0.3 is 10.3 Å². The highest BCUT2D eigenvalue weighted by molar-refractivity contribution is 5.09. The Hall–Kier alpha value is -0.900. The van der Waals surface area contributed by atoms with Crippen LogP contribution in [0, 0.1) is 5.92 Å². The first-order chi connectivity index (χ1) is 8.08. The minimum Gasteiger partial charge on any atom is -0.339 e. The normalized spacial score (nSPS) is 29.8. The number of rotatable bonds is 3. The van der Waals surface area contributed by atoms with Crippen LogP contribution in [0.3, 0.4) is 0 Å². The van der Waals surface area contributed by atoms with Gasteiger partial charge in [-0.15, -0.1) is 0 Å². The average Bonchev–Trinajstić information content (AvgIpc) is 2.79. The molecule has 96 valence electrons. The Balaban J connectivity index is 2.28. The fourth-order valence-corrected chi connectivity index (χ4v) is 2.79. The smallest absolute Gasteiger partial charge is 0.229 e. The highest BCUT2D eigenvalue weighted by atomic mass is 16.5. The van der Waals surface area contributed by atoms with E-state index >= 15 is 0 Å². The van der Waals surface area contributed by atoms with E-state index in [1.807, 2.05) is 0 Å². The molecular formula is C13H23N3O. The van der Waals surface area contributed by atoms with Gasteiger partial charge in [0.1, 0.15) is 0 Å². The molecule has 1 aromatic heterocycles. The Bertz CT molecular complexity index is 374. The molecule has 17 heavy (non-hydrogen) atoms. The largest absolute Gasteiger partial charge is 0.339 e. The molecule has 2 rings (SSSR count). The number of aromatic nitrogens is 2. The van der Waals surface area contributed by atoms with Crippen molar-refractivity contribution in [2.45, 2.75) is 64.3 Å². The van der Waals surface area contributed by atoms with E-state index in [9.17, 15) is 0 Å². The average molecular weight is 237 g/mol. The number of hydrogen-bond acceptors (Lipinski definition) is 4. The van der Waals surface area contributed by atoms with Crippen molar-refractivity contribution in [2.75, 3.05) is 0 Å². The molecular weight excluding hydrogens is 214 g/mol. The van der Waals surface area contributed by atoms with Crippen LogP contribution in [0.5, 0.6) is 0 Å². The minimum absolute atomic E-state index is 0.267. The van der Waals surface area contributed by atoms with Crippen molar-refractivity contribution in [3.63, 3.8) is 0 Å². The molecule has 2 atom stereocenters. The molecule has 1 aromatic rings. The van der Waals surface area contributed by atoms with E-state index in [2.05, 4.69) is 30.9 Å². The van der Waals surface area contributed by atoms with E-state index in [1.165, 1.54) is 19.3 Å². The van der Waals surface area contributed by atoms with Crippen LogP contribution < -0.4 is 5.73 Å². The van der Waals surface area contributed by atoms with Crippen molar-refractivity contribution in [1.82, 2.24) is 10.1 Å². The van der Waals surface area contributed by atoms with E-state index in [0.717, 1.165) is 12.8 Å². The lowest BCUT2D eigenvalue weighted by atomic mass is 9.71. The molecule has 2 N–H and O–H groups in total. The van der Waals surface area contributed by atoms with Gasteiger partial charge in [-0.2, -0.15) is 4.98 Å². The highest BCUT2D eigenvalue weighted by Crippen LogP contribution is 2.40. The molecule has 4 nitrogen and oxygen atoms in total. The van der Waals surface area contributed by atoms with E-state index in [1.54, 1.807) is 0 Å². The van der Waals surface area contributed by atoms with Crippen molar-refractivity contribution in [2.24, 2.45) is 11.7 Å². The van der Waals surface area contributed by atoms with Crippen molar-refractivity contribution in [3.8, 4) is 0 Å². The predicted octanol–water partition coefficient (Wildman–Crippen LogP) is 2.95. The summed E-state index contributed by atoms with van der Waals surface area (Å²) in [4.78, 5) is 4.50. The van der Waals surface area contributed by atoms with Crippen LogP contribution >= 0.6 is 0 Å². The first-order valence-electron chi connectivity index (χ1n) is 6.71. The van der Waals surface area contributed by atoms with Gasteiger partial charge in [0, 0.05) is 5.92 Å². The summed E-state index contributed by atoms with van der Waals surface area (Å²) in [5.74, 6) is 2.16. The lowest BCUT2D eigenvalue weighted by Gasteiger charge is -2.38. The quantitative estimate of drug-likeness (QED) is 0.877. The zero-order valence-electron chi connectivity index (χ0n) is 11.1. The first-order valence-corrected chi connectivity index (χ1v) is 6.71. The fraction of sp³-hybridized carbons (Fsp3) is 0.846. The zero-order valence-corrected chi connectivity index (χ0v) is 11.1. The summed E-state index contributed by atoms with van der Waals surface area (Å²) >= 11 is 0. The molecule has 0 aliphatic heterocycles. The summed E-state index contributed by atoms with van der Waals surface area (Å²) in [5.41, 5.74) is 6.19. The monoisotopic (exact) mass is 237 g/mol. The van der Waals surface area contributed by atoms with Crippen LogP contribution in [0.1, 0.15) is 70.5 Å². The van der Waals surface area contributed by atoms with Crippen LogP contribution in [0.15, 0.2) is 4.52 Å². The van der Waals surface area contributed by atoms with Gasteiger partial charge in [-0.25, -0.2) is 0 Å². The Morgan fingerprint density at radius 2 is 2.24 bits per heavy atom. The maximum Gasteiger partial charge on any atom is 0.229 e. The van der Waals surface area contributed by atoms with Crippen molar-refractivity contribution in [1.29, 1.82) is 0 Å². The lowest BCUT2D eigenvalue weighted by Crippen LogP contribution is -2.47. The lowest BCUT2D eigenvalue weighted by molar-refractivity contribution is 0.169. The summed E-state index contributed by atoms with van der Waals surface area (Å²) in [5, 5.41) is 4.12. The van der Waals surface area contributed by atoms with Crippen molar-refractivity contribution in [3.05, 3.63) is 11.7 Å². The van der Waals surface area contributed by atoms with Gasteiger partial charge >= 0.3 is 0 Å². The minimum atomic E-state index is -0.371. The summed E-state index contributed by atoms with van der Waals surface area (Å²) in [6.45, 7) is 6.30. The molecule has 0 radical (unpaired) electrons. The Morgan fingerprint density at radius 1 is 1.47 bits per heavy atom.